The summed E-state index contributed by atoms with van der Waals surface area (Å²) in [4.78, 5) is 9.49. The first-order valence-corrected chi connectivity index (χ1v) is 11.9. The molecule has 0 amide bonds. The summed E-state index contributed by atoms with van der Waals surface area (Å²) in [7, 11) is 6.89. The van der Waals surface area contributed by atoms with Crippen LogP contribution in [0.2, 0.25) is 0 Å². The van der Waals surface area contributed by atoms with Crippen molar-refractivity contribution >= 4 is 5.97 Å². The second-order valence-corrected chi connectivity index (χ2v) is 9.39. The molecule has 3 nitrogen and oxygen atoms in total. The maximum absolute atomic E-state index is 9.49. The fourth-order valence-electron chi connectivity index (χ4n) is 3.13. The van der Waals surface area contributed by atoms with Gasteiger partial charge in [-0.3, -0.25) is 0 Å². The van der Waals surface area contributed by atoms with E-state index >= 15 is 0 Å². The number of hydrogen-bond acceptors (Lipinski definition) is 2. The standard InChI is InChI=1S/C21H46N.C4H6O2/c1-5-6-7-8-9-10-11-12-13-14-15-16-17-18-19-20-21-22(2,3)4;1-3(2)4(5)6/h5-21H2,1-4H3;1H2,2H3,(H,5,6)/q+1;/p-1. The van der Waals surface area contributed by atoms with Crippen molar-refractivity contribution in [3.8, 4) is 0 Å². The molecule has 0 aliphatic heterocycles. The Hall–Kier alpha value is -0.830. The molecule has 28 heavy (non-hydrogen) atoms. The van der Waals surface area contributed by atoms with E-state index in [1.54, 1.807) is 0 Å². The first-order valence-electron chi connectivity index (χ1n) is 11.9. The summed E-state index contributed by atoms with van der Waals surface area (Å²) in [5.74, 6) is -1.19. The van der Waals surface area contributed by atoms with Crippen molar-refractivity contribution in [1.82, 2.24) is 0 Å². The summed E-state index contributed by atoms with van der Waals surface area (Å²) < 4.78 is 1.12. The predicted molar refractivity (Wildman–Crippen MR) is 122 cm³/mol. The highest BCUT2D eigenvalue weighted by atomic mass is 16.4. The minimum atomic E-state index is -1.19. The quantitative estimate of drug-likeness (QED) is 0.155. The number of carbonyl (C=O) groups is 1. The number of aliphatic carboxylic acids is 1. The van der Waals surface area contributed by atoms with E-state index in [4.69, 9.17) is 0 Å². The first kappa shape index (κ1) is 29.4. The number of rotatable bonds is 18. The molecular formula is C25H51NO2. The van der Waals surface area contributed by atoms with Crippen molar-refractivity contribution in [2.24, 2.45) is 0 Å². The molecule has 0 atom stereocenters. The van der Waals surface area contributed by atoms with Gasteiger partial charge < -0.3 is 14.4 Å². The van der Waals surface area contributed by atoms with Gasteiger partial charge >= 0.3 is 0 Å². The number of hydrogen-bond donors (Lipinski definition) is 0. The van der Waals surface area contributed by atoms with Gasteiger partial charge in [0.15, 0.2) is 0 Å². The van der Waals surface area contributed by atoms with Crippen LogP contribution in [0.1, 0.15) is 117 Å². The third-order valence-corrected chi connectivity index (χ3v) is 5.03. The highest BCUT2D eigenvalue weighted by Gasteiger charge is 2.04. The van der Waals surface area contributed by atoms with Gasteiger partial charge in [0.1, 0.15) is 0 Å². The van der Waals surface area contributed by atoms with Crippen LogP contribution in [0.4, 0.5) is 0 Å². The monoisotopic (exact) mass is 397 g/mol. The zero-order valence-corrected chi connectivity index (χ0v) is 20.0. The minimum Gasteiger partial charge on any atom is -0.545 e. The molecule has 0 heterocycles. The zero-order valence-electron chi connectivity index (χ0n) is 20.0. The Balaban J connectivity index is 0. The molecule has 0 rings (SSSR count). The van der Waals surface area contributed by atoms with Crippen LogP contribution < -0.4 is 5.11 Å². The van der Waals surface area contributed by atoms with Gasteiger partial charge in [-0.2, -0.15) is 0 Å². The zero-order chi connectivity index (χ0) is 21.7. The van der Waals surface area contributed by atoms with Gasteiger partial charge in [-0.1, -0.05) is 103 Å². The lowest BCUT2D eigenvalue weighted by Gasteiger charge is -2.23. The topological polar surface area (TPSA) is 40.1 Å². The highest BCUT2D eigenvalue weighted by Crippen LogP contribution is 2.13. The van der Waals surface area contributed by atoms with Gasteiger partial charge in [0.25, 0.3) is 0 Å². The molecule has 168 valence electrons. The van der Waals surface area contributed by atoms with E-state index in [9.17, 15) is 9.90 Å². The first-order chi connectivity index (χ1) is 13.2. The summed E-state index contributed by atoms with van der Waals surface area (Å²) >= 11 is 0. The Morgan fingerprint density at radius 3 is 1.14 bits per heavy atom. The summed E-state index contributed by atoms with van der Waals surface area (Å²) in [5, 5.41) is 9.49. The molecule has 0 spiro atoms. The normalized spacial score (nSPS) is 11.0. The van der Waals surface area contributed by atoms with Gasteiger partial charge in [-0.05, 0) is 25.3 Å². The number of carbonyl (C=O) groups excluding carboxylic acids is 1. The van der Waals surface area contributed by atoms with E-state index in [2.05, 4.69) is 34.6 Å². The fraction of sp³-hybridized carbons (Fsp3) is 0.880. The summed E-state index contributed by atoms with van der Waals surface area (Å²) in [6, 6.07) is 0. The van der Waals surface area contributed by atoms with E-state index in [1.165, 1.54) is 116 Å². The molecule has 0 saturated heterocycles. The van der Waals surface area contributed by atoms with Crippen molar-refractivity contribution in [3.63, 3.8) is 0 Å². The van der Waals surface area contributed by atoms with E-state index in [0.717, 1.165) is 4.48 Å². The number of unbranched alkanes of at least 4 members (excludes halogenated alkanes) is 15. The molecule has 3 heteroatoms. The van der Waals surface area contributed by atoms with Crippen molar-refractivity contribution in [2.45, 2.75) is 117 Å². The molecule has 0 fully saturated rings. The van der Waals surface area contributed by atoms with Crippen LogP contribution in [0.15, 0.2) is 12.2 Å². The van der Waals surface area contributed by atoms with Crippen molar-refractivity contribution in [2.75, 3.05) is 27.7 Å². The molecule has 0 aliphatic rings. The Labute approximate surface area is 177 Å². The van der Waals surface area contributed by atoms with E-state index in [-0.39, 0.29) is 5.57 Å². The maximum atomic E-state index is 9.49. The van der Waals surface area contributed by atoms with Crippen LogP contribution in [0.5, 0.6) is 0 Å². The Bertz CT molecular complexity index is 346. The fourth-order valence-corrected chi connectivity index (χ4v) is 3.13. The molecule has 0 aromatic carbocycles. The SMILES string of the molecule is C=C(C)C(=O)[O-].CCCCCCCCCCCCCCCCCC[N+](C)(C)C. The molecule has 0 bridgehead atoms. The Morgan fingerprint density at radius 2 is 0.929 bits per heavy atom. The van der Waals surface area contributed by atoms with Crippen LogP contribution in [0.25, 0.3) is 0 Å². The second kappa shape index (κ2) is 20.9. The van der Waals surface area contributed by atoms with Gasteiger partial charge in [-0.15, -0.1) is 0 Å². The van der Waals surface area contributed by atoms with Crippen LogP contribution in [0.3, 0.4) is 0 Å². The molecule has 0 unspecified atom stereocenters. The van der Waals surface area contributed by atoms with E-state index in [0.29, 0.717) is 0 Å². The van der Waals surface area contributed by atoms with Crippen LogP contribution in [-0.2, 0) is 4.79 Å². The number of nitrogens with zero attached hydrogens (tertiary/aromatic N) is 1. The Morgan fingerprint density at radius 1 is 0.679 bits per heavy atom. The molecule has 0 N–H and O–H groups in total. The molecule has 0 aromatic heterocycles. The lowest BCUT2D eigenvalue weighted by molar-refractivity contribution is -0.870. The van der Waals surface area contributed by atoms with Gasteiger partial charge in [0.05, 0.1) is 33.7 Å². The smallest absolute Gasteiger partial charge is 0.0780 e. The largest absolute Gasteiger partial charge is 0.545 e. The molecular weight excluding hydrogens is 346 g/mol. The lowest BCUT2D eigenvalue weighted by Crippen LogP contribution is -2.35. The molecule has 0 aliphatic carbocycles. The van der Waals surface area contributed by atoms with E-state index < -0.39 is 5.97 Å². The van der Waals surface area contributed by atoms with E-state index in [1.807, 2.05) is 0 Å². The van der Waals surface area contributed by atoms with Crippen LogP contribution in [0, 0.1) is 0 Å². The molecule has 0 aromatic rings. The van der Waals surface area contributed by atoms with Crippen molar-refractivity contribution < 1.29 is 14.4 Å². The van der Waals surface area contributed by atoms with Gasteiger partial charge in [0, 0.05) is 0 Å². The summed E-state index contributed by atoms with van der Waals surface area (Å²) in [6.07, 6.45) is 23.4. The molecule has 0 saturated carbocycles. The average Bonchev–Trinajstić information content (AvgIpc) is 2.61. The lowest BCUT2D eigenvalue weighted by atomic mass is 10.0. The van der Waals surface area contributed by atoms with Crippen LogP contribution >= 0.6 is 0 Å². The minimum absolute atomic E-state index is 0.0648. The number of carboxylic acids is 1. The third-order valence-electron chi connectivity index (χ3n) is 5.03. The number of carboxylic acid groups (broad SMARTS) is 1. The highest BCUT2D eigenvalue weighted by molar-refractivity contribution is 5.82. The number of quaternary nitrogens is 1. The maximum Gasteiger partial charge on any atom is 0.0780 e. The van der Waals surface area contributed by atoms with Gasteiger partial charge in [0.2, 0.25) is 0 Å². The summed E-state index contributed by atoms with van der Waals surface area (Å²) in [6.45, 7) is 8.11. The third kappa shape index (κ3) is 29.9. The van der Waals surface area contributed by atoms with Crippen molar-refractivity contribution in [1.29, 1.82) is 0 Å². The van der Waals surface area contributed by atoms with Crippen LogP contribution in [-0.4, -0.2) is 38.1 Å². The molecule has 0 radical (unpaired) electrons. The second-order valence-electron chi connectivity index (χ2n) is 9.39. The average molecular weight is 398 g/mol. The van der Waals surface area contributed by atoms with Crippen molar-refractivity contribution in [3.05, 3.63) is 12.2 Å². The van der Waals surface area contributed by atoms with Gasteiger partial charge in [-0.25, -0.2) is 0 Å². The predicted octanol–water partition coefficient (Wildman–Crippen LogP) is 6.27. The Kier molecular flexibility index (Phi) is 21.9. The summed E-state index contributed by atoms with van der Waals surface area (Å²) in [5.41, 5.74) is 0.0648.